The summed E-state index contributed by atoms with van der Waals surface area (Å²) in [5.74, 6) is 0.239. The summed E-state index contributed by atoms with van der Waals surface area (Å²) in [5, 5.41) is 2.51. The topological polar surface area (TPSA) is 90.1 Å². The number of nitrogens with one attached hydrogen (secondary N) is 1. The Kier molecular flexibility index (Phi) is 3.69. The largest absolute Gasteiger partial charge is 0.444 e. The van der Waals surface area contributed by atoms with Crippen LogP contribution in [-0.2, 0) is 10.2 Å². The maximum Gasteiger partial charge on any atom is 0.414 e. The van der Waals surface area contributed by atoms with E-state index in [1.807, 2.05) is 6.92 Å². The Labute approximate surface area is 119 Å². The predicted molar refractivity (Wildman–Crippen MR) is 76.5 cm³/mol. The van der Waals surface area contributed by atoms with E-state index in [1.54, 1.807) is 33.2 Å². The third kappa shape index (κ3) is 3.25. The third-order valence-electron chi connectivity index (χ3n) is 3.50. The summed E-state index contributed by atoms with van der Waals surface area (Å²) >= 11 is 0. The fraction of sp³-hybridized carbons (Fsp3) is 0.643. The quantitative estimate of drug-likeness (QED) is 0.884. The molecule has 0 saturated heterocycles. The molecule has 3 N–H and O–H groups in total. The minimum atomic E-state index is -0.557. The van der Waals surface area contributed by atoms with Crippen LogP contribution in [0.25, 0.3) is 0 Å². The second-order valence-electron chi connectivity index (χ2n) is 6.37. The number of carbonyl (C=O) groups excluding carboxylic acids is 1. The molecule has 1 amide bonds. The molecule has 0 bridgehead atoms. The summed E-state index contributed by atoms with van der Waals surface area (Å²) in [4.78, 5) is 19.9. The van der Waals surface area contributed by atoms with Crippen molar-refractivity contribution in [1.29, 1.82) is 0 Å². The molecule has 110 valence electrons. The summed E-state index contributed by atoms with van der Waals surface area (Å²) in [5.41, 5.74) is 6.51. The van der Waals surface area contributed by atoms with Crippen LogP contribution in [0.15, 0.2) is 12.4 Å². The molecule has 1 heterocycles. The minimum Gasteiger partial charge on any atom is -0.444 e. The molecule has 6 heteroatoms. The Balaban J connectivity index is 2.01. The van der Waals surface area contributed by atoms with E-state index in [2.05, 4.69) is 15.3 Å². The molecule has 1 aliphatic rings. The summed E-state index contributed by atoms with van der Waals surface area (Å²) in [6.45, 7) is 7.40. The Hall–Kier alpha value is -1.69. The number of amides is 1. The zero-order valence-electron chi connectivity index (χ0n) is 12.4. The fourth-order valence-corrected chi connectivity index (χ4v) is 2.19. The normalized spacial score (nSPS) is 18.2. The lowest BCUT2D eigenvalue weighted by Crippen LogP contribution is -2.32. The molecule has 20 heavy (non-hydrogen) atoms. The van der Waals surface area contributed by atoms with Gasteiger partial charge in [0.25, 0.3) is 0 Å². The van der Waals surface area contributed by atoms with E-state index < -0.39 is 11.7 Å². The first-order valence-electron chi connectivity index (χ1n) is 6.81. The highest BCUT2D eigenvalue weighted by atomic mass is 16.6. The number of hydrogen-bond acceptors (Lipinski definition) is 5. The molecule has 1 aromatic rings. The Morgan fingerprint density at radius 2 is 1.95 bits per heavy atom. The van der Waals surface area contributed by atoms with E-state index in [-0.39, 0.29) is 17.4 Å². The van der Waals surface area contributed by atoms with E-state index >= 15 is 0 Å². The predicted octanol–water partition coefficient (Wildman–Crippen LogP) is 2.20. The van der Waals surface area contributed by atoms with Crippen molar-refractivity contribution < 1.29 is 9.53 Å². The summed E-state index contributed by atoms with van der Waals surface area (Å²) in [7, 11) is 0. The highest BCUT2D eigenvalue weighted by Gasteiger charge is 2.47. The van der Waals surface area contributed by atoms with Crippen molar-refractivity contribution in [3.8, 4) is 0 Å². The molecule has 1 aliphatic carbocycles. The van der Waals surface area contributed by atoms with Gasteiger partial charge in [-0.05, 0) is 46.1 Å². The lowest BCUT2D eigenvalue weighted by Gasteiger charge is -2.20. The van der Waals surface area contributed by atoms with Gasteiger partial charge in [0.15, 0.2) is 0 Å². The number of carbonyl (C=O) groups is 1. The van der Waals surface area contributed by atoms with E-state index in [9.17, 15) is 4.79 Å². The lowest BCUT2D eigenvalue weighted by molar-refractivity contribution is 0.0634. The van der Waals surface area contributed by atoms with Crippen molar-refractivity contribution in [2.75, 3.05) is 5.32 Å². The van der Waals surface area contributed by atoms with Gasteiger partial charge in [-0.1, -0.05) is 0 Å². The molecule has 6 nitrogen and oxygen atoms in total. The van der Waals surface area contributed by atoms with Gasteiger partial charge in [0.2, 0.25) is 5.95 Å². The van der Waals surface area contributed by atoms with Gasteiger partial charge in [-0.25, -0.2) is 14.8 Å². The number of nitrogens with two attached hydrogens (primary N) is 1. The number of aromatic nitrogens is 2. The molecule has 2 rings (SSSR count). The lowest BCUT2D eigenvalue weighted by atomic mass is 9.92. The van der Waals surface area contributed by atoms with Gasteiger partial charge in [0.05, 0.1) is 0 Å². The van der Waals surface area contributed by atoms with Gasteiger partial charge in [0.1, 0.15) is 5.60 Å². The van der Waals surface area contributed by atoms with Crippen molar-refractivity contribution >= 4 is 12.0 Å². The Morgan fingerprint density at radius 3 is 2.35 bits per heavy atom. The van der Waals surface area contributed by atoms with E-state index in [1.165, 1.54) is 0 Å². The first kappa shape index (κ1) is 14.7. The minimum absolute atomic E-state index is 0.0183. The van der Waals surface area contributed by atoms with Crippen LogP contribution in [0.3, 0.4) is 0 Å². The number of rotatable bonds is 3. The molecule has 0 aromatic carbocycles. The van der Waals surface area contributed by atoms with Crippen LogP contribution in [0.5, 0.6) is 0 Å². The molecule has 0 spiro atoms. The van der Waals surface area contributed by atoms with Crippen molar-refractivity contribution in [2.24, 2.45) is 5.73 Å². The van der Waals surface area contributed by atoms with Crippen molar-refractivity contribution in [1.82, 2.24) is 9.97 Å². The average Bonchev–Trinajstić information content (AvgIpc) is 3.08. The van der Waals surface area contributed by atoms with Gasteiger partial charge in [-0.15, -0.1) is 0 Å². The van der Waals surface area contributed by atoms with E-state index in [0.717, 1.165) is 18.4 Å². The number of nitrogens with zero attached hydrogens (tertiary/aromatic N) is 2. The van der Waals surface area contributed by atoms with Gasteiger partial charge in [-0.3, -0.25) is 5.32 Å². The zero-order valence-corrected chi connectivity index (χ0v) is 12.4. The standard InChI is InChI=1S/C14H22N4O2/c1-9(15)14(5-6-14)10-7-16-11(17-8-10)18-12(19)20-13(2,3)4/h7-9H,5-6,15H2,1-4H3,(H,16,17,18,19). The number of anilines is 1. The van der Waals surface area contributed by atoms with Crippen LogP contribution in [0.4, 0.5) is 10.7 Å². The molecule has 1 fully saturated rings. The number of hydrogen-bond donors (Lipinski definition) is 2. The zero-order chi connectivity index (χ0) is 15.0. The summed E-state index contributed by atoms with van der Waals surface area (Å²) in [6.07, 6.45) is 5.03. The first-order chi connectivity index (χ1) is 9.23. The second kappa shape index (κ2) is 5.01. The molecule has 0 radical (unpaired) electrons. The molecule has 1 atom stereocenters. The monoisotopic (exact) mass is 278 g/mol. The Bertz CT molecular complexity index is 487. The van der Waals surface area contributed by atoms with E-state index in [0.29, 0.717) is 0 Å². The van der Waals surface area contributed by atoms with E-state index in [4.69, 9.17) is 10.5 Å². The molecular formula is C14H22N4O2. The summed E-state index contributed by atoms with van der Waals surface area (Å²) < 4.78 is 5.14. The van der Waals surface area contributed by atoms with Crippen LogP contribution >= 0.6 is 0 Å². The second-order valence-corrected chi connectivity index (χ2v) is 6.37. The van der Waals surface area contributed by atoms with Gasteiger partial charge >= 0.3 is 6.09 Å². The maximum absolute atomic E-state index is 11.6. The van der Waals surface area contributed by atoms with Crippen LogP contribution in [0.1, 0.15) is 46.1 Å². The van der Waals surface area contributed by atoms with Crippen molar-refractivity contribution in [3.05, 3.63) is 18.0 Å². The molecule has 1 saturated carbocycles. The van der Waals surface area contributed by atoms with Gasteiger partial charge in [-0.2, -0.15) is 0 Å². The molecular weight excluding hydrogens is 256 g/mol. The summed E-state index contributed by atoms with van der Waals surface area (Å²) in [6, 6.07) is 0.0794. The Morgan fingerprint density at radius 1 is 1.40 bits per heavy atom. The molecule has 1 unspecified atom stereocenters. The van der Waals surface area contributed by atoms with Gasteiger partial charge < -0.3 is 10.5 Å². The number of ether oxygens (including phenoxy) is 1. The van der Waals surface area contributed by atoms with Crippen LogP contribution in [0.2, 0.25) is 0 Å². The van der Waals surface area contributed by atoms with Crippen molar-refractivity contribution in [3.63, 3.8) is 0 Å². The smallest absolute Gasteiger partial charge is 0.414 e. The van der Waals surface area contributed by atoms with Crippen LogP contribution in [-0.4, -0.2) is 27.7 Å². The van der Waals surface area contributed by atoms with Crippen molar-refractivity contribution in [2.45, 2.75) is 57.6 Å². The average molecular weight is 278 g/mol. The molecule has 0 aliphatic heterocycles. The highest BCUT2D eigenvalue weighted by molar-refractivity contribution is 5.82. The van der Waals surface area contributed by atoms with Gasteiger partial charge in [0, 0.05) is 23.9 Å². The third-order valence-corrected chi connectivity index (χ3v) is 3.50. The maximum atomic E-state index is 11.6. The molecule has 1 aromatic heterocycles. The van der Waals surface area contributed by atoms with Crippen LogP contribution in [0, 0.1) is 0 Å². The highest BCUT2D eigenvalue weighted by Crippen LogP contribution is 2.49. The first-order valence-corrected chi connectivity index (χ1v) is 6.81. The van der Waals surface area contributed by atoms with Crippen LogP contribution < -0.4 is 11.1 Å². The SMILES string of the molecule is CC(N)C1(c2cnc(NC(=O)OC(C)(C)C)nc2)CC1. The fourth-order valence-electron chi connectivity index (χ4n) is 2.19.